The Bertz CT molecular complexity index is 398. The van der Waals surface area contributed by atoms with Gasteiger partial charge in [-0.2, -0.15) is 11.8 Å². The molecule has 100 valence electrons. The lowest BCUT2D eigenvalue weighted by Crippen LogP contribution is -2.51. The van der Waals surface area contributed by atoms with E-state index in [0.29, 0.717) is 0 Å². The van der Waals surface area contributed by atoms with Gasteiger partial charge in [-0.05, 0) is 26.0 Å². The number of nitrogens with one attached hydrogen (secondary N) is 1. The molecule has 1 aromatic heterocycles. The van der Waals surface area contributed by atoms with E-state index in [1.54, 1.807) is 0 Å². The number of thioether (sulfide) groups is 1. The lowest BCUT2D eigenvalue weighted by Gasteiger charge is -2.39. The van der Waals surface area contributed by atoms with Crippen LogP contribution >= 0.6 is 23.1 Å². The number of aromatic nitrogens is 1. The Morgan fingerprint density at radius 3 is 2.78 bits per heavy atom. The molecule has 0 saturated carbocycles. The van der Waals surface area contributed by atoms with Gasteiger partial charge in [-0.3, -0.25) is 4.90 Å². The van der Waals surface area contributed by atoms with E-state index in [0.717, 1.165) is 32.6 Å². The van der Waals surface area contributed by atoms with Crippen molar-refractivity contribution in [1.29, 1.82) is 0 Å². The molecular formula is C13H21N3S2. The second-order valence-electron chi connectivity index (χ2n) is 5.49. The van der Waals surface area contributed by atoms with Gasteiger partial charge in [0.15, 0.2) is 0 Å². The smallest absolute Gasteiger partial charge is 0.113 e. The van der Waals surface area contributed by atoms with E-state index in [1.165, 1.54) is 27.1 Å². The Hall–Kier alpha value is -0.100. The van der Waals surface area contributed by atoms with E-state index in [-0.39, 0.29) is 5.54 Å². The van der Waals surface area contributed by atoms with Gasteiger partial charge in [0.25, 0.3) is 0 Å². The maximum absolute atomic E-state index is 4.94. The van der Waals surface area contributed by atoms with Gasteiger partial charge >= 0.3 is 0 Å². The van der Waals surface area contributed by atoms with E-state index in [4.69, 9.17) is 4.98 Å². The molecule has 0 spiro atoms. The van der Waals surface area contributed by atoms with E-state index in [9.17, 15) is 0 Å². The van der Waals surface area contributed by atoms with Crippen LogP contribution in [0.5, 0.6) is 0 Å². The molecule has 1 aromatic rings. The largest absolute Gasteiger partial charge is 0.314 e. The predicted molar refractivity (Wildman–Crippen MR) is 79.4 cm³/mol. The van der Waals surface area contributed by atoms with Crippen molar-refractivity contribution in [2.75, 3.05) is 31.9 Å². The van der Waals surface area contributed by atoms with Crippen LogP contribution in [0.3, 0.4) is 0 Å². The molecule has 1 saturated heterocycles. The van der Waals surface area contributed by atoms with Crippen molar-refractivity contribution in [2.45, 2.75) is 31.6 Å². The maximum Gasteiger partial charge on any atom is 0.113 e. The lowest BCUT2D eigenvalue weighted by molar-refractivity contribution is 0.102. The average molecular weight is 283 g/mol. The van der Waals surface area contributed by atoms with E-state index < -0.39 is 0 Å². The molecule has 0 bridgehead atoms. The van der Waals surface area contributed by atoms with Crippen LogP contribution in [-0.2, 0) is 17.7 Å². The number of aryl methyl sites for hydroxylation is 1. The number of rotatable bonds is 2. The molecule has 0 amide bonds. The van der Waals surface area contributed by atoms with Crippen LogP contribution in [0.25, 0.3) is 0 Å². The summed E-state index contributed by atoms with van der Waals surface area (Å²) in [6.45, 7) is 9.12. The first-order valence-electron chi connectivity index (χ1n) is 6.70. The molecule has 2 aliphatic rings. The molecule has 0 aromatic carbocycles. The normalized spacial score (nSPS) is 21.9. The van der Waals surface area contributed by atoms with E-state index >= 15 is 0 Å². The van der Waals surface area contributed by atoms with Crippen LogP contribution in [0.4, 0.5) is 0 Å². The molecule has 0 unspecified atom stereocenters. The summed E-state index contributed by atoms with van der Waals surface area (Å²) in [5.41, 5.74) is 1.46. The first-order chi connectivity index (χ1) is 8.68. The topological polar surface area (TPSA) is 28.2 Å². The Balaban J connectivity index is 1.85. The molecule has 18 heavy (non-hydrogen) atoms. The molecular weight excluding hydrogens is 262 g/mol. The van der Waals surface area contributed by atoms with E-state index in [2.05, 4.69) is 24.1 Å². The number of thiazole rings is 1. The van der Waals surface area contributed by atoms with Crippen molar-refractivity contribution in [3.63, 3.8) is 0 Å². The highest BCUT2D eigenvalue weighted by molar-refractivity contribution is 7.98. The van der Waals surface area contributed by atoms with Crippen LogP contribution in [0.2, 0.25) is 0 Å². The van der Waals surface area contributed by atoms with Gasteiger partial charge in [-0.1, -0.05) is 0 Å². The minimum Gasteiger partial charge on any atom is -0.314 e. The molecule has 3 rings (SSSR count). The van der Waals surface area contributed by atoms with Crippen LogP contribution in [0, 0.1) is 0 Å². The Morgan fingerprint density at radius 1 is 1.28 bits per heavy atom. The number of hydrogen-bond acceptors (Lipinski definition) is 5. The second-order valence-corrected chi connectivity index (χ2v) is 7.68. The maximum atomic E-state index is 4.94. The van der Waals surface area contributed by atoms with Gasteiger partial charge in [0, 0.05) is 36.8 Å². The van der Waals surface area contributed by atoms with Gasteiger partial charge in [-0.15, -0.1) is 11.3 Å². The van der Waals surface area contributed by atoms with Crippen molar-refractivity contribution in [2.24, 2.45) is 0 Å². The van der Waals surface area contributed by atoms with Crippen molar-refractivity contribution < 1.29 is 0 Å². The average Bonchev–Trinajstić information content (AvgIpc) is 2.84. The highest BCUT2D eigenvalue weighted by Crippen LogP contribution is 2.36. The zero-order valence-electron chi connectivity index (χ0n) is 11.2. The SMILES string of the molecule is CC(C)(c1nc2c(s1)CSCC2)N1CCNCC1. The Labute approximate surface area is 117 Å². The highest BCUT2D eigenvalue weighted by atomic mass is 32.2. The summed E-state index contributed by atoms with van der Waals surface area (Å²) in [7, 11) is 0. The van der Waals surface area contributed by atoms with Crippen LogP contribution in [-0.4, -0.2) is 41.8 Å². The lowest BCUT2D eigenvalue weighted by atomic mass is 10.0. The Morgan fingerprint density at radius 2 is 2.06 bits per heavy atom. The number of nitrogens with zero attached hydrogens (tertiary/aromatic N) is 2. The summed E-state index contributed by atoms with van der Waals surface area (Å²) in [5, 5.41) is 4.74. The fourth-order valence-corrected chi connectivity index (χ4v) is 5.00. The molecule has 1 fully saturated rings. The third-order valence-corrected chi connectivity index (χ3v) is 6.50. The standard InChI is InChI=1S/C13H21N3S2/c1-13(2,16-6-4-14-5-7-16)12-15-10-3-8-17-9-11(10)18-12/h14H,3-9H2,1-2H3. The Kier molecular flexibility index (Phi) is 3.67. The highest BCUT2D eigenvalue weighted by Gasteiger charge is 2.33. The summed E-state index contributed by atoms with van der Waals surface area (Å²) >= 11 is 3.99. The van der Waals surface area contributed by atoms with Crippen molar-refractivity contribution >= 4 is 23.1 Å². The molecule has 0 aliphatic carbocycles. The summed E-state index contributed by atoms with van der Waals surface area (Å²) in [4.78, 5) is 9.03. The predicted octanol–water partition coefficient (Wildman–Crippen LogP) is 2.07. The molecule has 2 aliphatic heterocycles. The van der Waals surface area contributed by atoms with E-state index in [1.807, 2.05) is 23.1 Å². The summed E-state index contributed by atoms with van der Waals surface area (Å²) in [6, 6.07) is 0. The third kappa shape index (κ3) is 2.33. The fraction of sp³-hybridized carbons (Fsp3) is 0.769. The van der Waals surface area contributed by atoms with Crippen LogP contribution < -0.4 is 5.32 Å². The zero-order chi connectivity index (χ0) is 12.6. The van der Waals surface area contributed by atoms with Gasteiger partial charge < -0.3 is 5.32 Å². The summed E-state index contributed by atoms with van der Waals surface area (Å²) in [6.07, 6.45) is 1.16. The minimum absolute atomic E-state index is 0.0920. The first-order valence-corrected chi connectivity index (χ1v) is 8.67. The number of hydrogen-bond donors (Lipinski definition) is 1. The van der Waals surface area contributed by atoms with Crippen molar-refractivity contribution in [3.8, 4) is 0 Å². The first kappa shape index (κ1) is 12.9. The van der Waals surface area contributed by atoms with Gasteiger partial charge in [0.2, 0.25) is 0 Å². The van der Waals surface area contributed by atoms with Crippen LogP contribution in [0.1, 0.15) is 29.4 Å². The molecule has 1 N–H and O–H groups in total. The molecule has 3 heterocycles. The van der Waals surface area contributed by atoms with Crippen LogP contribution in [0.15, 0.2) is 0 Å². The van der Waals surface area contributed by atoms with Gasteiger partial charge in [0.1, 0.15) is 5.01 Å². The minimum atomic E-state index is 0.0920. The monoisotopic (exact) mass is 283 g/mol. The molecule has 0 radical (unpaired) electrons. The quantitative estimate of drug-likeness (QED) is 0.899. The fourth-order valence-electron chi connectivity index (χ4n) is 2.65. The number of piperazine rings is 1. The van der Waals surface area contributed by atoms with Gasteiger partial charge in [0.05, 0.1) is 11.2 Å². The zero-order valence-corrected chi connectivity index (χ0v) is 12.8. The third-order valence-electron chi connectivity index (χ3n) is 3.93. The van der Waals surface area contributed by atoms with Crippen molar-refractivity contribution in [1.82, 2.24) is 15.2 Å². The number of fused-ring (bicyclic) bond motifs is 1. The molecule has 0 atom stereocenters. The molecule has 5 heteroatoms. The second kappa shape index (κ2) is 5.12. The van der Waals surface area contributed by atoms with Gasteiger partial charge in [-0.25, -0.2) is 4.98 Å². The molecule has 3 nitrogen and oxygen atoms in total. The van der Waals surface area contributed by atoms with Crippen molar-refractivity contribution in [3.05, 3.63) is 15.6 Å². The summed E-state index contributed by atoms with van der Waals surface area (Å²) < 4.78 is 0. The summed E-state index contributed by atoms with van der Waals surface area (Å²) in [5.74, 6) is 2.41.